The number of amides is 9. The van der Waals surface area contributed by atoms with Gasteiger partial charge in [-0.1, -0.05) is 0 Å². The number of nitrogens with two attached hydrogens (primary N) is 4. The normalized spacial score (nSPS) is 16.0. The Labute approximate surface area is 339 Å². The van der Waals surface area contributed by atoms with E-state index in [1.54, 1.807) is 0 Å². The molecule has 0 aromatic carbocycles. The number of hydrogen-bond acceptors (Lipinski definition) is 13. The highest BCUT2D eigenvalue weighted by atomic mass is 16.2. The summed E-state index contributed by atoms with van der Waals surface area (Å²) in [5, 5.41) is 23.3. The molecule has 1 fully saturated rings. The Balaban J connectivity index is 2.95. The zero-order chi connectivity index (χ0) is 45.5. The second-order valence-electron chi connectivity index (χ2n) is 17.9. The van der Waals surface area contributed by atoms with Gasteiger partial charge in [0.1, 0.15) is 45.3 Å². The van der Waals surface area contributed by atoms with Crippen LogP contribution in [0.5, 0.6) is 0 Å². The summed E-state index contributed by atoms with van der Waals surface area (Å²) in [6.07, 6.45) is 0.517. The van der Waals surface area contributed by atoms with Gasteiger partial charge >= 0.3 is 0 Å². The van der Waals surface area contributed by atoms with E-state index < -0.39 is 111 Å². The van der Waals surface area contributed by atoms with Gasteiger partial charge in [0.25, 0.3) is 0 Å². The first kappa shape index (κ1) is 51.1. The summed E-state index contributed by atoms with van der Waals surface area (Å²) in [4.78, 5) is 118. The molecule has 330 valence electrons. The predicted molar refractivity (Wildman–Crippen MR) is 214 cm³/mol. The molecule has 0 aromatic heterocycles. The molecule has 9 amide bonds. The smallest absolute Gasteiger partial charge is 0.246 e. The van der Waals surface area contributed by atoms with Crippen LogP contribution in [0.25, 0.3) is 0 Å². The standard InChI is InChI=1S/C36H67N13O9/c1-30(2,40)24(53)46-31(3,4)25(54)42-19(17-37)21(50)44-33(7,8)27(56)47-32(5,6)26(55)43-20(18-38)22(51)45-34(9,10)28(57)48-35(11,12)29(58)49-36(23(39)52)13-15-41-16-14-36/h19-20,41H,13-18,37-38,40H2,1-12H3,(H2,39,52)(H,42,54)(H,43,55)(H,44,50)(H,45,51)(H,46,53)(H,47,56)(H,48,57)(H,49,58)/t19-,20-/m0/s1. The fraction of sp³-hybridized carbons (Fsp3) is 0.750. The zero-order valence-electron chi connectivity index (χ0n) is 35.9. The minimum Gasteiger partial charge on any atom is -0.368 e. The van der Waals surface area contributed by atoms with Gasteiger partial charge in [0.2, 0.25) is 53.2 Å². The molecule has 0 bridgehead atoms. The van der Waals surface area contributed by atoms with Gasteiger partial charge in [-0.05, 0) is 109 Å². The third-order valence-electron chi connectivity index (χ3n) is 9.57. The van der Waals surface area contributed by atoms with E-state index >= 15 is 0 Å². The van der Waals surface area contributed by atoms with E-state index in [4.69, 9.17) is 22.9 Å². The second-order valence-corrected chi connectivity index (χ2v) is 17.9. The average Bonchev–Trinajstić information content (AvgIpc) is 3.07. The lowest BCUT2D eigenvalue weighted by Gasteiger charge is -2.39. The molecule has 1 heterocycles. The van der Waals surface area contributed by atoms with Crippen LogP contribution < -0.4 is 70.8 Å². The monoisotopic (exact) mass is 826 g/mol. The number of nitrogens with one attached hydrogen (secondary N) is 9. The Morgan fingerprint density at radius 1 is 0.517 bits per heavy atom. The summed E-state index contributed by atoms with van der Waals surface area (Å²) in [5.41, 5.74) is 12.3. The lowest BCUT2D eigenvalue weighted by molar-refractivity contribution is -0.141. The van der Waals surface area contributed by atoms with Gasteiger partial charge in [0.15, 0.2) is 0 Å². The van der Waals surface area contributed by atoms with Crippen LogP contribution in [0.1, 0.15) is 95.9 Å². The minimum atomic E-state index is -1.70. The van der Waals surface area contributed by atoms with Gasteiger partial charge in [-0.15, -0.1) is 0 Å². The van der Waals surface area contributed by atoms with Crippen LogP contribution in [0.15, 0.2) is 0 Å². The molecule has 22 heteroatoms. The molecule has 1 aliphatic rings. The quantitative estimate of drug-likeness (QED) is 0.0580. The molecule has 0 aliphatic carbocycles. The van der Waals surface area contributed by atoms with Crippen molar-refractivity contribution < 1.29 is 43.2 Å². The Morgan fingerprint density at radius 3 is 1.14 bits per heavy atom. The molecule has 0 unspecified atom stereocenters. The third-order valence-corrected chi connectivity index (χ3v) is 9.57. The number of rotatable bonds is 19. The van der Waals surface area contributed by atoms with Crippen LogP contribution in [0.4, 0.5) is 0 Å². The maximum absolute atomic E-state index is 13.4. The molecule has 1 saturated heterocycles. The molecular formula is C36H67N13O9. The first-order chi connectivity index (χ1) is 26.1. The zero-order valence-corrected chi connectivity index (χ0v) is 35.9. The van der Waals surface area contributed by atoms with Crippen molar-refractivity contribution in [2.45, 2.75) is 147 Å². The van der Waals surface area contributed by atoms with Gasteiger partial charge in [0, 0.05) is 13.1 Å². The largest absolute Gasteiger partial charge is 0.368 e. The van der Waals surface area contributed by atoms with Crippen LogP contribution >= 0.6 is 0 Å². The van der Waals surface area contributed by atoms with Crippen LogP contribution in [-0.2, 0) is 43.2 Å². The summed E-state index contributed by atoms with van der Waals surface area (Å²) in [5.74, 6) is -6.91. The topological polar surface area (TPSA) is 366 Å². The molecule has 22 nitrogen and oxygen atoms in total. The predicted octanol–water partition coefficient (Wildman–Crippen LogP) is -5.19. The van der Waals surface area contributed by atoms with E-state index in [0.717, 1.165) is 0 Å². The number of primary amides is 1. The molecule has 0 aromatic rings. The molecule has 2 atom stereocenters. The third kappa shape index (κ3) is 13.6. The van der Waals surface area contributed by atoms with Crippen molar-refractivity contribution in [2.24, 2.45) is 22.9 Å². The lowest BCUT2D eigenvalue weighted by atomic mass is 9.86. The van der Waals surface area contributed by atoms with Crippen LogP contribution in [0, 0.1) is 0 Å². The Bertz CT molecular complexity index is 1610. The summed E-state index contributed by atoms with van der Waals surface area (Å²) in [6.45, 7) is 16.7. The Kier molecular flexibility index (Phi) is 16.5. The van der Waals surface area contributed by atoms with E-state index in [1.807, 2.05) is 0 Å². The minimum absolute atomic E-state index is 0.259. The first-order valence-corrected chi connectivity index (χ1v) is 18.9. The SMILES string of the molecule is CC(C)(N)C(=O)NC(C)(C)C(=O)N[C@@H](CN)C(=O)NC(C)(C)C(=O)NC(C)(C)C(=O)N[C@@H](CN)C(=O)NC(C)(C)C(=O)NC(C)(C)C(=O)NC1(C(N)=O)CCNCC1. The molecular weight excluding hydrogens is 758 g/mol. The molecule has 0 saturated carbocycles. The van der Waals surface area contributed by atoms with E-state index in [0.29, 0.717) is 13.1 Å². The number of hydrogen-bond donors (Lipinski definition) is 13. The molecule has 0 radical (unpaired) electrons. The summed E-state index contributed by atoms with van der Waals surface area (Å²) < 4.78 is 0. The highest BCUT2D eigenvalue weighted by Gasteiger charge is 2.45. The van der Waals surface area contributed by atoms with E-state index in [1.165, 1.54) is 83.1 Å². The Hall–Kier alpha value is -4.93. The highest BCUT2D eigenvalue weighted by molar-refractivity contribution is 6.01. The molecule has 1 rings (SSSR count). The second kappa shape index (κ2) is 18.8. The maximum Gasteiger partial charge on any atom is 0.246 e. The van der Waals surface area contributed by atoms with Crippen molar-refractivity contribution in [1.29, 1.82) is 0 Å². The van der Waals surface area contributed by atoms with Gasteiger partial charge in [-0.3, -0.25) is 43.2 Å². The van der Waals surface area contributed by atoms with Gasteiger partial charge in [0.05, 0.1) is 5.54 Å². The Morgan fingerprint density at radius 2 is 0.828 bits per heavy atom. The highest BCUT2D eigenvalue weighted by Crippen LogP contribution is 2.20. The fourth-order valence-electron chi connectivity index (χ4n) is 5.20. The van der Waals surface area contributed by atoms with E-state index in [2.05, 4.69) is 47.9 Å². The van der Waals surface area contributed by atoms with Crippen molar-refractivity contribution in [3.05, 3.63) is 0 Å². The van der Waals surface area contributed by atoms with Crippen LogP contribution in [0.2, 0.25) is 0 Å². The maximum atomic E-state index is 13.4. The van der Waals surface area contributed by atoms with E-state index in [-0.39, 0.29) is 19.4 Å². The molecule has 0 spiro atoms. The van der Waals surface area contributed by atoms with Gasteiger partial charge in [-0.25, -0.2) is 0 Å². The van der Waals surface area contributed by atoms with Crippen LogP contribution in [0.3, 0.4) is 0 Å². The van der Waals surface area contributed by atoms with Crippen molar-refractivity contribution >= 4 is 53.2 Å². The van der Waals surface area contributed by atoms with Gasteiger partial charge in [-0.2, -0.15) is 0 Å². The average molecular weight is 826 g/mol. The number of carbonyl (C=O) groups excluding carboxylic acids is 9. The number of piperidine rings is 1. The van der Waals surface area contributed by atoms with Crippen molar-refractivity contribution in [2.75, 3.05) is 26.2 Å². The molecule has 58 heavy (non-hydrogen) atoms. The summed E-state index contributed by atoms with van der Waals surface area (Å²) in [7, 11) is 0. The van der Waals surface area contributed by atoms with Crippen molar-refractivity contribution in [3.63, 3.8) is 0 Å². The first-order valence-electron chi connectivity index (χ1n) is 18.9. The molecule has 1 aliphatic heterocycles. The fourth-order valence-corrected chi connectivity index (χ4v) is 5.20. The lowest BCUT2D eigenvalue weighted by Crippen LogP contribution is -2.69. The van der Waals surface area contributed by atoms with Crippen molar-refractivity contribution in [1.82, 2.24) is 47.9 Å². The van der Waals surface area contributed by atoms with Crippen molar-refractivity contribution in [3.8, 4) is 0 Å². The summed E-state index contributed by atoms with van der Waals surface area (Å²) >= 11 is 0. The van der Waals surface area contributed by atoms with Gasteiger partial charge < -0.3 is 70.8 Å². The number of carbonyl (C=O) groups is 9. The van der Waals surface area contributed by atoms with Crippen LogP contribution in [-0.4, -0.2) is 130 Å². The molecule has 17 N–H and O–H groups in total. The summed E-state index contributed by atoms with van der Waals surface area (Å²) in [6, 6.07) is -2.72. The van der Waals surface area contributed by atoms with E-state index in [9.17, 15) is 43.2 Å².